The third kappa shape index (κ3) is 3.93. The van der Waals surface area contributed by atoms with E-state index in [1.807, 2.05) is 19.1 Å². The van der Waals surface area contributed by atoms with Crippen molar-refractivity contribution < 1.29 is 13.2 Å². The summed E-state index contributed by atoms with van der Waals surface area (Å²) in [4.78, 5) is 18.5. The van der Waals surface area contributed by atoms with Gasteiger partial charge in [-0.2, -0.15) is 0 Å². The SMILES string of the molecule is C[C@H](Sc1nnc(-c2ccncc2)n1C1CC1)C(=O)N(C)[C@@H]1CCS(=O)(=O)C1. The molecule has 0 spiro atoms. The average molecular weight is 422 g/mol. The van der Waals surface area contributed by atoms with Crippen LogP contribution in [0.1, 0.15) is 32.2 Å². The van der Waals surface area contributed by atoms with Gasteiger partial charge in [0, 0.05) is 37.1 Å². The number of nitrogens with zero attached hydrogens (tertiary/aromatic N) is 5. The van der Waals surface area contributed by atoms with E-state index in [9.17, 15) is 13.2 Å². The van der Waals surface area contributed by atoms with Gasteiger partial charge in [0.1, 0.15) is 0 Å². The van der Waals surface area contributed by atoms with Crippen molar-refractivity contribution in [2.45, 2.75) is 48.7 Å². The highest BCUT2D eigenvalue weighted by molar-refractivity contribution is 8.00. The van der Waals surface area contributed by atoms with Crippen LogP contribution in [0, 0.1) is 0 Å². The largest absolute Gasteiger partial charge is 0.341 e. The molecule has 2 aromatic rings. The number of carbonyl (C=O) groups is 1. The topological polar surface area (TPSA) is 98.1 Å². The summed E-state index contributed by atoms with van der Waals surface area (Å²) in [5, 5.41) is 9.06. The minimum atomic E-state index is -3.03. The summed E-state index contributed by atoms with van der Waals surface area (Å²) in [6.07, 6.45) is 6.11. The Balaban J connectivity index is 1.51. The van der Waals surface area contributed by atoms with E-state index in [-0.39, 0.29) is 28.7 Å². The van der Waals surface area contributed by atoms with Gasteiger partial charge in [-0.25, -0.2) is 8.42 Å². The van der Waals surface area contributed by atoms with E-state index in [1.54, 1.807) is 24.3 Å². The van der Waals surface area contributed by atoms with E-state index >= 15 is 0 Å². The Morgan fingerprint density at radius 3 is 2.57 bits per heavy atom. The van der Waals surface area contributed by atoms with Crippen LogP contribution in [0.25, 0.3) is 11.4 Å². The Hall–Kier alpha value is -1.94. The Kier molecular flexibility index (Phi) is 5.17. The average Bonchev–Trinajstić information content (AvgIpc) is 3.34. The number of pyridine rings is 1. The van der Waals surface area contributed by atoms with Crippen LogP contribution in [-0.4, -0.2) is 68.8 Å². The van der Waals surface area contributed by atoms with E-state index in [1.165, 1.54) is 11.8 Å². The molecule has 0 N–H and O–H groups in total. The lowest BCUT2D eigenvalue weighted by molar-refractivity contribution is -0.130. The quantitative estimate of drug-likeness (QED) is 0.656. The molecule has 2 atom stereocenters. The maximum Gasteiger partial charge on any atom is 0.235 e. The first kappa shape index (κ1) is 19.4. The Labute approximate surface area is 168 Å². The highest BCUT2D eigenvalue weighted by atomic mass is 32.2. The van der Waals surface area contributed by atoms with Crippen LogP contribution in [0.5, 0.6) is 0 Å². The van der Waals surface area contributed by atoms with E-state index in [0.29, 0.717) is 12.5 Å². The molecular formula is C18H23N5O3S2. The molecule has 0 bridgehead atoms. The number of hydrogen-bond donors (Lipinski definition) is 0. The maximum atomic E-state index is 12.9. The van der Waals surface area contributed by atoms with Crippen molar-refractivity contribution in [3.05, 3.63) is 24.5 Å². The molecule has 1 aliphatic carbocycles. The lowest BCUT2D eigenvalue weighted by Gasteiger charge is -2.26. The minimum absolute atomic E-state index is 0.0527. The van der Waals surface area contributed by atoms with Gasteiger partial charge in [0.2, 0.25) is 5.91 Å². The third-order valence-corrected chi connectivity index (χ3v) is 8.04. The minimum Gasteiger partial charge on any atom is -0.341 e. The highest BCUT2D eigenvalue weighted by Crippen LogP contribution is 2.41. The van der Waals surface area contributed by atoms with Crippen molar-refractivity contribution in [3.63, 3.8) is 0 Å². The lowest BCUT2D eigenvalue weighted by Crippen LogP contribution is -2.41. The molecule has 4 rings (SSSR count). The highest BCUT2D eigenvalue weighted by Gasteiger charge is 2.36. The molecule has 1 aliphatic heterocycles. The molecule has 10 heteroatoms. The predicted octanol–water partition coefficient (Wildman–Crippen LogP) is 1.80. The second-order valence-corrected chi connectivity index (χ2v) is 10.9. The van der Waals surface area contributed by atoms with Crippen LogP contribution >= 0.6 is 11.8 Å². The number of thioether (sulfide) groups is 1. The molecule has 0 radical (unpaired) electrons. The zero-order valence-corrected chi connectivity index (χ0v) is 17.5. The first-order valence-corrected chi connectivity index (χ1v) is 12.0. The summed E-state index contributed by atoms with van der Waals surface area (Å²) >= 11 is 1.38. The Morgan fingerprint density at radius 2 is 1.96 bits per heavy atom. The zero-order valence-electron chi connectivity index (χ0n) is 15.9. The summed E-state index contributed by atoms with van der Waals surface area (Å²) in [6.45, 7) is 1.84. The van der Waals surface area contributed by atoms with Crippen molar-refractivity contribution in [1.82, 2.24) is 24.6 Å². The molecule has 150 valence electrons. The van der Waals surface area contributed by atoms with Gasteiger partial charge in [-0.1, -0.05) is 11.8 Å². The summed E-state index contributed by atoms with van der Waals surface area (Å²) in [7, 11) is -1.33. The van der Waals surface area contributed by atoms with E-state index < -0.39 is 9.84 Å². The standard InChI is InChI=1S/C18H23N5O3S2/c1-12(17(24)22(2)15-7-10-28(25,26)11-15)27-18-21-20-16(23(18)14-3-4-14)13-5-8-19-9-6-13/h5-6,8-9,12,14-15H,3-4,7,10-11H2,1-2H3/t12-,15+/m0/s1. The molecule has 3 heterocycles. The summed E-state index contributed by atoms with van der Waals surface area (Å²) in [5.74, 6) is 0.921. The van der Waals surface area contributed by atoms with E-state index in [2.05, 4.69) is 19.7 Å². The van der Waals surface area contributed by atoms with Gasteiger partial charge >= 0.3 is 0 Å². The smallest absolute Gasteiger partial charge is 0.235 e. The van der Waals surface area contributed by atoms with Crippen molar-refractivity contribution >= 4 is 27.5 Å². The third-order valence-electron chi connectivity index (χ3n) is 5.25. The molecule has 2 aromatic heterocycles. The molecule has 2 aliphatic rings. The van der Waals surface area contributed by atoms with Gasteiger partial charge in [-0.05, 0) is 38.3 Å². The fourth-order valence-electron chi connectivity index (χ4n) is 3.47. The number of carbonyl (C=O) groups excluding carboxylic acids is 1. The first-order valence-electron chi connectivity index (χ1n) is 9.35. The molecule has 0 unspecified atom stereocenters. The van der Waals surface area contributed by atoms with Crippen LogP contribution < -0.4 is 0 Å². The fraction of sp³-hybridized carbons (Fsp3) is 0.556. The Morgan fingerprint density at radius 1 is 1.25 bits per heavy atom. The number of sulfone groups is 1. The number of aromatic nitrogens is 4. The summed E-state index contributed by atoms with van der Waals surface area (Å²) in [5.41, 5.74) is 0.952. The van der Waals surface area contributed by atoms with Crippen LogP contribution in [0.15, 0.2) is 29.7 Å². The summed E-state index contributed by atoms with van der Waals surface area (Å²) < 4.78 is 25.6. The number of amides is 1. The first-order chi connectivity index (χ1) is 13.4. The van der Waals surface area contributed by atoms with Gasteiger partial charge in [0.05, 0.1) is 16.8 Å². The second kappa shape index (κ2) is 7.47. The van der Waals surface area contributed by atoms with Crippen LogP contribution in [0.2, 0.25) is 0 Å². The van der Waals surface area contributed by atoms with Gasteiger partial charge in [-0.3, -0.25) is 14.3 Å². The number of hydrogen-bond acceptors (Lipinski definition) is 7. The predicted molar refractivity (Wildman–Crippen MR) is 107 cm³/mol. The fourth-order valence-corrected chi connectivity index (χ4v) is 6.27. The van der Waals surface area contributed by atoms with Gasteiger partial charge in [0.25, 0.3) is 0 Å². The monoisotopic (exact) mass is 421 g/mol. The Bertz CT molecular complexity index is 972. The molecule has 1 saturated heterocycles. The molecular weight excluding hydrogens is 398 g/mol. The second-order valence-electron chi connectivity index (χ2n) is 7.41. The van der Waals surface area contributed by atoms with Gasteiger partial charge in [0.15, 0.2) is 20.8 Å². The van der Waals surface area contributed by atoms with Crippen LogP contribution in [-0.2, 0) is 14.6 Å². The molecule has 2 fully saturated rings. The number of rotatable bonds is 6. The molecule has 28 heavy (non-hydrogen) atoms. The van der Waals surface area contributed by atoms with Crippen molar-refractivity contribution in [1.29, 1.82) is 0 Å². The molecule has 8 nitrogen and oxygen atoms in total. The van der Waals surface area contributed by atoms with E-state index in [4.69, 9.17) is 0 Å². The van der Waals surface area contributed by atoms with Crippen LogP contribution in [0.4, 0.5) is 0 Å². The van der Waals surface area contributed by atoms with Crippen molar-refractivity contribution in [3.8, 4) is 11.4 Å². The van der Waals surface area contributed by atoms with E-state index in [0.717, 1.165) is 29.4 Å². The normalized spacial score (nSPS) is 22.1. The maximum absolute atomic E-state index is 12.9. The van der Waals surface area contributed by atoms with Gasteiger partial charge < -0.3 is 4.90 Å². The molecule has 1 amide bonds. The van der Waals surface area contributed by atoms with Crippen LogP contribution in [0.3, 0.4) is 0 Å². The van der Waals surface area contributed by atoms with Crippen molar-refractivity contribution in [2.75, 3.05) is 18.6 Å². The van der Waals surface area contributed by atoms with Gasteiger partial charge in [-0.15, -0.1) is 10.2 Å². The summed E-state index contributed by atoms with van der Waals surface area (Å²) in [6, 6.07) is 3.93. The molecule has 1 saturated carbocycles. The zero-order chi connectivity index (χ0) is 19.9. The van der Waals surface area contributed by atoms with Crippen molar-refractivity contribution in [2.24, 2.45) is 0 Å². The molecule has 0 aromatic carbocycles. The lowest BCUT2D eigenvalue weighted by atomic mass is 10.2.